The van der Waals surface area contributed by atoms with Crippen molar-refractivity contribution in [3.63, 3.8) is 0 Å². The molecule has 0 bridgehead atoms. The van der Waals surface area contributed by atoms with Crippen LogP contribution in [-0.4, -0.2) is 68.1 Å². The van der Waals surface area contributed by atoms with Crippen LogP contribution in [0.25, 0.3) is 0 Å². The number of hydrogen-bond donors (Lipinski definition) is 2. The summed E-state index contributed by atoms with van der Waals surface area (Å²) < 4.78 is 49.7. The summed E-state index contributed by atoms with van der Waals surface area (Å²) in [6.07, 6.45) is -2.28. The fourth-order valence-electron chi connectivity index (χ4n) is 4.80. The van der Waals surface area contributed by atoms with Crippen LogP contribution in [0.15, 0.2) is 48.5 Å². The van der Waals surface area contributed by atoms with E-state index in [0.29, 0.717) is 23.8 Å². The predicted octanol–water partition coefficient (Wildman–Crippen LogP) is 4.29. The van der Waals surface area contributed by atoms with Crippen molar-refractivity contribution in [1.82, 2.24) is 15.5 Å². The molecule has 2 N–H and O–H groups in total. The molecule has 1 saturated carbocycles. The lowest BCUT2D eigenvalue weighted by atomic mass is 9.81. The third kappa shape index (κ3) is 8.45. The van der Waals surface area contributed by atoms with E-state index in [-0.39, 0.29) is 36.7 Å². The van der Waals surface area contributed by atoms with Crippen LogP contribution < -0.4 is 15.4 Å². The van der Waals surface area contributed by atoms with Crippen LogP contribution >= 0.6 is 0 Å². The second-order valence-electron chi connectivity index (χ2n) is 10.3. The van der Waals surface area contributed by atoms with E-state index in [4.69, 9.17) is 9.47 Å². The molecule has 1 fully saturated rings. The van der Waals surface area contributed by atoms with Crippen molar-refractivity contribution >= 4 is 17.8 Å². The molecule has 2 aromatic carbocycles. The first-order chi connectivity index (χ1) is 18.9. The summed E-state index contributed by atoms with van der Waals surface area (Å²) >= 11 is 0. The molecule has 2 aromatic rings. The van der Waals surface area contributed by atoms with Gasteiger partial charge in [-0.1, -0.05) is 12.1 Å². The standard InChI is InChI=1S/C29H36F3N3O5/c1-18(2)35(3)23-11-12-25(21(14-23)17-40-24-10-6-8-20(15-24)28(38)39-4)34-26(36)16-33-27(37)19-7-5-9-22(13-19)29(30,31)32/h5-10,13,15,18,21,23,25H,11-12,14,16-17H2,1-4H3,(H,33,37)(H,34,36)/t21-,23+,25-/m0/s1. The minimum absolute atomic E-state index is 0.0650. The van der Waals surface area contributed by atoms with Gasteiger partial charge in [0.15, 0.2) is 0 Å². The summed E-state index contributed by atoms with van der Waals surface area (Å²) in [7, 11) is 3.37. The van der Waals surface area contributed by atoms with Crippen LogP contribution in [0.5, 0.6) is 5.75 Å². The lowest BCUT2D eigenvalue weighted by Gasteiger charge is -2.41. The number of nitrogens with one attached hydrogen (secondary N) is 2. The summed E-state index contributed by atoms with van der Waals surface area (Å²) in [6.45, 7) is 4.14. The van der Waals surface area contributed by atoms with Gasteiger partial charge in [0.05, 0.1) is 31.4 Å². The molecule has 0 saturated heterocycles. The van der Waals surface area contributed by atoms with Gasteiger partial charge in [-0.05, 0) is 76.6 Å². The van der Waals surface area contributed by atoms with E-state index in [1.54, 1.807) is 24.3 Å². The van der Waals surface area contributed by atoms with E-state index in [9.17, 15) is 27.6 Å². The van der Waals surface area contributed by atoms with Crippen LogP contribution in [0, 0.1) is 5.92 Å². The maximum absolute atomic E-state index is 13.0. The van der Waals surface area contributed by atoms with Crippen molar-refractivity contribution in [3.05, 3.63) is 65.2 Å². The molecule has 0 spiro atoms. The van der Waals surface area contributed by atoms with Gasteiger partial charge in [-0.25, -0.2) is 4.79 Å². The summed E-state index contributed by atoms with van der Waals surface area (Å²) in [6, 6.07) is 11.1. The number of ether oxygens (including phenoxy) is 2. The highest BCUT2D eigenvalue weighted by Crippen LogP contribution is 2.31. The van der Waals surface area contributed by atoms with Crippen molar-refractivity contribution in [2.75, 3.05) is 27.3 Å². The van der Waals surface area contributed by atoms with Gasteiger partial charge in [0.25, 0.3) is 5.91 Å². The highest BCUT2D eigenvalue weighted by molar-refractivity contribution is 5.96. The zero-order chi connectivity index (χ0) is 29.4. The molecule has 3 rings (SSSR count). The SMILES string of the molecule is COC(=O)c1cccc(OC[C@@H]2C[C@H](N(C)C(C)C)CC[C@@H]2NC(=O)CNC(=O)c2cccc(C(F)(F)F)c2)c1. The zero-order valence-corrected chi connectivity index (χ0v) is 23.1. The first kappa shape index (κ1) is 30.9. The van der Waals surface area contributed by atoms with Gasteiger partial charge >= 0.3 is 12.1 Å². The summed E-state index contributed by atoms with van der Waals surface area (Å²) in [5.74, 6) is -1.25. The number of hydrogen-bond acceptors (Lipinski definition) is 6. The number of methoxy groups -OCH3 is 1. The Morgan fingerprint density at radius 3 is 2.42 bits per heavy atom. The summed E-state index contributed by atoms with van der Waals surface area (Å²) in [4.78, 5) is 39.3. The molecule has 0 heterocycles. The summed E-state index contributed by atoms with van der Waals surface area (Å²) in [5.41, 5.74) is -0.754. The van der Waals surface area contributed by atoms with Gasteiger partial charge < -0.3 is 25.0 Å². The fourth-order valence-corrected chi connectivity index (χ4v) is 4.80. The maximum Gasteiger partial charge on any atom is 0.416 e. The zero-order valence-electron chi connectivity index (χ0n) is 23.1. The topological polar surface area (TPSA) is 97.0 Å². The number of rotatable bonds is 10. The molecule has 40 heavy (non-hydrogen) atoms. The molecule has 0 radical (unpaired) electrons. The molecule has 0 aromatic heterocycles. The molecule has 2 amide bonds. The van der Waals surface area contributed by atoms with E-state index in [1.165, 1.54) is 13.2 Å². The second kappa shape index (κ2) is 13.6. The van der Waals surface area contributed by atoms with Crippen LogP contribution in [-0.2, 0) is 15.7 Å². The van der Waals surface area contributed by atoms with E-state index in [2.05, 4.69) is 36.4 Å². The van der Waals surface area contributed by atoms with Crippen LogP contribution in [0.2, 0.25) is 0 Å². The lowest BCUT2D eigenvalue weighted by Crippen LogP contribution is -2.52. The van der Waals surface area contributed by atoms with Gasteiger partial charge in [0.2, 0.25) is 5.91 Å². The molecule has 3 atom stereocenters. The van der Waals surface area contributed by atoms with E-state index >= 15 is 0 Å². The Hall–Kier alpha value is -3.60. The average Bonchev–Trinajstić information content (AvgIpc) is 2.94. The van der Waals surface area contributed by atoms with Gasteiger partial charge in [-0.2, -0.15) is 13.2 Å². The van der Waals surface area contributed by atoms with Gasteiger partial charge in [0, 0.05) is 29.6 Å². The molecular weight excluding hydrogens is 527 g/mol. The quantitative estimate of drug-likeness (QED) is 0.419. The number of alkyl halides is 3. The molecule has 11 heteroatoms. The Morgan fingerprint density at radius 2 is 1.75 bits per heavy atom. The predicted molar refractivity (Wildman–Crippen MR) is 143 cm³/mol. The second-order valence-corrected chi connectivity index (χ2v) is 10.3. The fraction of sp³-hybridized carbons (Fsp3) is 0.483. The summed E-state index contributed by atoms with van der Waals surface area (Å²) in [5, 5.41) is 5.37. The number of amides is 2. The monoisotopic (exact) mass is 563 g/mol. The lowest BCUT2D eigenvalue weighted by molar-refractivity contribution is -0.137. The van der Waals surface area contributed by atoms with Gasteiger partial charge in [0.1, 0.15) is 5.75 Å². The van der Waals surface area contributed by atoms with Crippen molar-refractivity contribution in [3.8, 4) is 5.75 Å². The third-order valence-corrected chi connectivity index (χ3v) is 7.27. The van der Waals surface area contributed by atoms with Crippen LogP contribution in [0.3, 0.4) is 0 Å². The van der Waals surface area contributed by atoms with Crippen molar-refractivity contribution < 1.29 is 37.0 Å². The molecule has 0 unspecified atom stereocenters. The number of halogens is 3. The van der Waals surface area contributed by atoms with Crippen molar-refractivity contribution in [2.24, 2.45) is 5.92 Å². The van der Waals surface area contributed by atoms with E-state index in [1.807, 2.05) is 0 Å². The van der Waals surface area contributed by atoms with Gasteiger partial charge in [-0.3, -0.25) is 9.59 Å². The Balaban J connectivity index is 1.64. The minimum atomic E-state index is -4.58. The highest BCUT2D eigenvalue weighted by atomic mass is 19.4. The number of carbonyl (C=O) groups excluding carboxylic acids is 3. The van der Waals surface area contributed by atoms with E-state index < -0.39 is 29.5 Å². The molecule has 1 aliphatic rings. The van der Waals surface area contributed by atoms with E-state index in [0.717, 1.165) is 31.0 Å². The Labute approximate surface area is 232 Å². The normalized spacial score (nSPS) is 19.3. The molecular formula is C29H36F3N3O5. The van der Waals surface area contributed by atoms with Crippen molar-refractivity contribution in [1.29, 1.82) is 0 Å². The van der Waals surface area contributed by atoms with Gasteiger partial charge in [-0.15, -0.1) is 0 Å². The molecule has 0 aliphatic heterocycles. The number of nitrogens with zero attached hydrogens (tertiary/aromatic N) is 1. The Bertz CT molecular complexity index is 1190. The maximum atomic E-state index is 13.0. The number of carbonyl (C=O) groups is 3. The first-order valence-electron chi connectivity index (χ1n) is 13.2. The Kier molecular flexibility index (Phi) is 10.6. The van der Waals surface area contributed by atoms with Crippen LogP contribution in [0.4, 0.5) is 13.2 Å². The third-order valence-electron chi connectivity index (χ3n) is 7.27. The smallest absolute Gasteiger partial charge is 0.416 e. The number of benzene rings is 2. The molecule has 218 valence electrons. The largest absolute Gasteiger partial charge is 0.493 e. The van der Waals surface area contributed by atoms with Crippen molar-refractivity contribution in [2.45, 2.75) is 57.4 Å². The minimum Gasteiger partial charge on any atom is -0.493 e. The first-order valence-corrected chi connectivity index (χ1v) is 13.2. The Morgan fingerprint density at radius 1 is 1.05 bits per heavy atom. The average molecular weight is 564 g/mol. The number of esters is 1. The highest BCUT2D eigenvalue weighted by Gasteiger charge is 2.35. The van der Waals surface area contributed by atoms with Crippen LogP contribution in [0.1, 0.15) is 59.4 Å². The molecule has 8 nitrogen and oxygen atoms in total. The molecule has 1 aliphatic carbocycles.